The van der Waals surface area contributed by atoms with Gasteiger partial charge < -0.3 is 9.64 Å². The van der Waals surface area contributed by atoms with Gasteiger partial charge in [0.05, 0.1) is 24.5 Å². The highest BCUT2D eigenvalue weighted by Gasteiger charge is 2.48. The molecule has 1 aromatic heterocycles. The Labute approximate surface area is 160 Å². The fourth-order valence-corrected chi connectivity index (χ4v) is 4.23. The number of carbonyl (C=O) groups is 2. The van der Waals surface area contributed by atoms with Crippen LogP contribution in [-0.2, 0) is 22.5 Å². The van der Waals surface area contributed by atoms with Crippen molar-refractivity contribution in [2.24, 2.45) is 0 Å². The Morgan fingerprint density at radius 1 is 1.36 bits per heavy atom. The third kappa shape index (κ3) is 2.65. The summed E-state index contributed by atoms with van der Waals surface area (Å²) in [5.74, 6) is -0.363. The summed E-state index contributed by atoms with van der Waals surface area (Å²) in [7, 11) is 0. The third-order valence-electron chi connectivity index (χ3n) is 5.64. The van der Waals surface area contributed by atoms with Crippen LogP contribution >= 0.6 is 0 Å². The number of hydrogen-bond acceptors (Lipinski definition) is 5. The highest BCUT2D eigenvalue weighted by Crippen LogP contribution is 2.41. The zero-order chi connectivity index (χ0) is 19.3. The second kappa shape index (κ2) is 6.43. The standard InChI is InChI=1S/C19H18FN5O3/c20-15-9-16-13(7-14(15)12-1-4-23(11-26)5-2-12)8-17-18(28-19(27)25(16)17)10-24-6-3-21-22-24/h1,3,6-7,9,11,17-18H,2,4-5,8,10H2/t17?,18-/m0/s1. The minimum Gasteiger partial charge on any atom is -0.442 e. The average Bonchev–Trinajstić information content (AvgIpc) is 3.40. The SMILES string of the molecule is O=CN1CC=C(c2cc3c(cc2F)N2C(=O)O[C@@H](Cn4ccnn4)C2C3)CC1. The summed E-state index contributed by atoms with van der Waals surface area (Å²) in [5.41, 5.74) is 2.95. The molecule has 28 heavy (non-hydrogen) atoms. The van der Waals surface area contributed by atoms with Gasteiger partial charge in [-0.3, -0.25) is 9.69 Å². The maximum Gasteiger partial charge on any atom is 0.415 e. The molecule has 4 heterocycles. The van der Waals surface area contributed by atoms with Crippen LogP contribution in [0, 0.1) is 5.82 Å². The first-order valence-corrected chi connectivity index (χ1v) is 9.19. The molecule has 0 bridgehead atoms. The number of carbonyl (C=O) groups excluding carboxylic acids is 2. The van der Waals surface area contributed by atoms with Crippen LogP contribution < -0.4 is 4.90 Å². The molecule has 1 fully saturated rings. The van der Waals surface area contributed by atoms with Gasteiger partial charge in [-0.25, -0.2) is 13.9 Å². The molecule has 2 aromatic rings. The Bertz CT molecular complexity index is 974. The van der Waals surface area contributed by atoms with Gasteiger partial charge in [-0.2, -0.15) is 0 Å². The lowest BCUT2D eigenvalue weighted by molar-refractivity contribution is -0.117. The molecule has 144 valence electrons. The second-order valence-corrected chi connectivity index (χ2v) is 7.23. The van der Waals surface area contributed by atoms with Crippen LogP contribution in [0.5, 0.6) is 0 Å². The van der Waals surface area contributed by atoms with E-state index in [1.165, 1.54) is 6.07 Å². The van der Waals surface area contributed by atoms with Crippen LogP contribution in [0.3, 0.4) is 0 Å². The van der Waals surface area contributed by atoms with Crippen molar-refractivity contribution in [3.8, 4) is 0 Å². The van der Waals surface area contributed by atoms with E-state index in [9.17, 15) is 14.0 Å². The molecule has 0 N–H and O–H groups in total. The van der Waals surface area contributed by atoms with Crippen molar-refractivity contribution in [1.82, 2.24) is 19.9 Å². The molecule has 3 aliphatic heterocycles. The zero-order valence-electron chi connectivity index (χ0n) is 15.0. The number of aromatic nitrogens is 3. The van der Waals surface area contributed by atoms with Gasteiger partial charge in [-0.1, -0.05) is 11.3 Å². The van der Waals surface area contributed by atoms with E-state index in [0.29, 0.717) is 43.7 Å². The summed E-state index contributed by atoms with van der Waals surface area (Å²) in [6.45, 7) is 1.46. The molecule has 1 unspecified atom stereocenters. The molecule has 0 aliphatic carbocycles. The number of fused-ring (bicyclic) bond motifs is 3. The van der Waals surface area contributed by atoms with Gasteiger partial charge in [0.15, 0.2) is 0 Å². The molecule has 1 aromatic carbocycles. The number of halogens is 1. The molecule has 5 rings (SSSR count). The Morgan fingerprint density at radius 3 is 2.96 bits per heavy atom. The molecule has 2 amide bonds. The third-order valence-corrected chi connectivity index (χ3v) is 5.64. The number of anilines is 1. The molecule has 3 aliphatic rings. The van der Waals surface area contributed by atoms with E-state index >= 15 is 0 Å². The van der Waals surface area contributed by atoms with Crippen LogP contribution in [-0.4, -0.2) is 57.6 Å². The molecular formula is C19H18FN5O3. The van der Waals surface area contributed by atoms with Crippen LogP contribution in [0.4, 0.5) is 14.9 Å². The average molecular weight is 383 g/mol. The summed E-state index contributed by atoms with van der Waals surface area (Å²) in [4.78, 5) is 26.5. The minimum absolute atomic E-state index is 0.188. The lowest BCUT2D eigenvalue weighted by Gasteiger charge is -2.23. The highest BCUT2D eigenvalue weighted by molar-refractivity contribution is 5.94. The lowest BCUT2D eigenvalue weighted by Crippen LogP contribution is -2.35. The Hall–Kier alpha value is -3.23. The zero-order valence-corrected chi connectivity index (χ0v) is 15.0. The molecule has 2 atom stereocenters. The van der Waals surface area contributed by atoms with Crippen molar-refractivity contribution in [1.29, 1.82) is 0 Å². The van der Waals surface area contributed by atoms with Gasteiger partial charge in [0.1, 0.15) is 11.9 Å². The van der Waals surface area contributed by atoms with Crippen molar-refractivity contribution in [2.45, 2.75) is 31.5 Å². The first-order chi connectivity index (χ1) is 13.6. The summed E-state index contributed by atoms with van der Waals surface area (Å²) in [6, 6.07) is 3.08. The number of amides is 2. The van der Waals surface area contributed by atoms with E-state index in [4.69, 9.17) is 4.74 Å². The Kier molecular flexibility index (Phi) is 3.88. The highest BCUT2D eigenvalue weighted by atomic mass is 19.1. The number of hydrogen-bond donors (Lipinski definition) is 0. The maximum absolute atomic E-state index is 14.9. The van der Waals surface area contributed by atoms with Crippen molar-refractivity contribution in [3.05, 3.63) is 47.5 Å². The number of nitrogens with zero attached hydrogens (tertiary/aromatic N) is 5. The summed E-state index contributed by atoms with van der Waals surface area (Å²) >= 11 is 0. The molecule has 1 saturated heterocycles. The minimum atomic E-state index is -0.459. The quantitative estimate of drug-likeness (QED) is 0.750. The van der Waals surface area contributed by atoms with E-state index < -0.39 is 6.09 Å². The lowest BCUT2D eigenvalue weighted by atomic mass is 9.95. The van der Waals surface area contributed by atoms with Crippen LogP contribution in [0.2, 0.25) is 0 Å². The maximum atomic E-state index is 14.9. The number of benzene rings is 1. The van der Waals surface area contributed by atoms with Crippen molar-refractivity contribution < 1.29 is 18.7 Å². The first-order valence-electron chi connectivity index (χ1n) is 9.19. The van der Waals surface area contributed by atoms with Gasteiger partial charge in [0.2, 0.25) is 6.41 Å². The summed E-state index contributed by atoms with van der Waals surface area (Å²) < 4.78 is 22.0. The van der Waals surface area contributed by atoms with E-state index in [1.807, 2.05) is 12.1 Å². The first kappa shape index (κ1) is 16.9. The van der Waals surface area contributed by atoms with E-state index in [-0.39, 0.29) is 18.0 Å². The predicted octanol–water partition coefficient (Wildman–Crippen LogP) is 1.61. The second-order valence-electron chi connectivity index (χ2n) is 7.23. The van der Waals surface area contributed by atoms with E-state index in [0.717, 1.165) is 17.5 Å². The van der Waals surface area contributed by atoms with E-state index in [2.05, 4.69) is 10.3 Å². The fraction of sp³-hybridized carbons (Fsp3) is 0.368. The molecule has 0 radical (unpaired) electrons. The van der Waals surface area contributed by atoms with Crippen LogP contribution in [0.15, 0.2) is 30.6 Å². The van der Waals surface area contributed by atoms with Gasteiger partial charge >= 0.3 is 6.09 Å². The molecule has 0 saturated carbocycles. The molecule has 9 heteroatoms. The largest absolute Gasteiger partial charge is 0.442 e. The van der Waals surface area contributed by atoms with Crippen molar-refractivity contribution in [2.75, 3.05) is 18.0 Å². The summed E-state index contributed by atoms with van der Waals surface area (Å²) in [6.07, 6.45) is 6.36. The predicted molar refractivity (Wildman–Crippen MR) is 96.9 cm³/mol. The normalized spacial score (nSPS) is 23.3. The van der Waals surface area contributed by atoms with Crippen LogP contribution in [0.25, 0.3) is 5.57 Å². The van der Waals surface area contributed by atoms with E-state index in [1.54, 1.807) is 26.9 Å². The van der Waals surface area contributed by atoms with Crippen LogP contribution in [0.1, 0.15) is 17.5 Å². The molecule has 0 spiro atoms. The topological polar surface area (TPSA) is 80.6 Å². The fourth-order valence-electron chi connectivity index (χ4n) is 4.23. The van der Waals surface area contributed by atoms with Crippen molar-refractivity contribution >= 4 is 23.8 Å². The van der Waals surface area contributed by atoms with Crippen molar-refractivity contribution in [3.63, 3.8) is 0 Å². The Balaban J connectivity index is 1.43. The Morgan fingerprint density at radius 2 is 2.25 bits per heavy atom. The monoisotopic (exact) mass is 383 g/mol. The number of ether oxygens (including phenoxy) is 1. The molecular weight excluding hydrogens is 365 g/mol. The molecule has 8 nitrogen and oxygen atoms in total. The smallest absolute Gasteiger partial charge is 0.415 e. The van der Waals surface area contributed by atoms with Gasteiger partial charge in [0, 0.05) is 24.8 Å². The van der Waals surface area contributed by atoms with Gasteiger partial charge in [-0.05, 0) is 36.1 Å². The number of cyclic esters (lactones) is 1. The van der Waals surface area contributed by atoms with Gasteiger partial charge in [-0.15, -0.1) is 5.10 Å². The summed E-state index contributed by atoms with van der Waals surface area (Å²) in [5, 5.41) is 7.70. The van der Waals surface area contributed by atoms with Gasteiger partial charge in [0.25, 0.3) is 0 Å². The number of rotatable bonds is 4.